The molecule has 1 aliphatic heterocycles. The van der Waals surface area contributed by atoms with Crippen LogP contribution in [0.15, 0.2) is 47.4 Å². The van der Waals surface area contributed by atoms with Gasteiger partial charge >= 0.3 is 0 Å². The number of benzene rings is 2. The fourth-order valence-electron chi connectivity index (χ4n) is 2.96. The van der Waals surface area contributed by atoms with Crippen molar-refractivity contribution >= 4 is 29.3 Å². The molecular weight excluding hydrogens is 308 g/mol. The van der Waals surface area contributed by atoms with Crippen LogP contribution in [0.25, 0.3) is 0 Å². The van der Waals surface area contributed by atoms with Crippen molar-refractivity contribution in [2.24, 2.45) is 5.73 Å². The van der Waals surface area contributed by atoms with E-state index in [-0.39, 0.29) is 5.91 Å². The first-order valence-corrected chi connectivity index (χ1v) is 8.72. The van der Waals surface area contributed by atoms with Crippen molar-refractivity contribution < 1.29 is 9.59 Å². The standard InChI is InChI=1S/C18H18N2O2S/c1-23-13-9-7-12(8-10-13)18(22)20-11-3-5-14-15(17(19)21)4-2-6-16(14)20/h2,4,6-10H,3,5,11H2,1H3,(H2,19,21). The number of primary amides is 1. The van der Waals surface area contributed by atoms with Gasteiger partial charge in [-0.1, -0.05) is 6.07 Å². The van der Waals surface area contributed by atoms with E-state index < -0.39 is 5.91 Å². The number of amides is 2. The van der Waals surface area contributed by atoms with E-state index in [1.54, 1.807) is 28.8 Å². The fourth-order valence-corrected chi connectivity index (χ4v) is 3.36. The lowest BCUT2D eigenvalue weighted by atomic mass is 9.95. The number of carbonyl (C=O) groups excluding carboxylic acids is 2. The largest absolute Gasteiger partial charge is 0.366 e. The van der Waals surface area contributed by atoms with Crippen LogP contribution >= 0.6 is 11.8 Å². The Labute approximate surface area is 139 Å². The molecule has 2 N–H and O–H groups in total. The topological polar surface area (TPSA) is 63.4 Å². The molecule has 0 saturated carbocycles. The molecule has 4 nitrogen and oxygen atoms in total. The molecule has 0 aromatic heterocycles. The summed E-state index contributed by atoms with van der Waals surface area (Å²) < 4.78 is 0. The van der Waals surface area contributed by atoms with Gasteiger partial charge in [0.15, 0.2) is 0 Å². The van der Waals surface area contributed by atoms with E-state index in [0.717, 1.165) is 29.0 Å². The fraction of sp³-hybridized carbons (Fsp3) is 0.222. The van der Waals surface area contributed by atoms with Gasteiger partial charge in [0.1, 0.15) is 0 Å². The van der Waals surface area contributed by atoms with Crippen LogP contribution in [0.3, 0.4) is 0 Å². The van der Waals surface area contributed by atoms with Crippen molar-refractivity contribution in [1.82, 2.24) is 0 Å². The van der Waals surface area contributed by atoms with Crippen LogP contribution in [0.2, 0.25) is 0 Å². The SMILES string of the molecule is CSc1ccc(C(=O)N2CCCc3c(C(N)=O)cccc32)cc1. The predicted molar refractivity (Wildman–Crippen MR) is 93.2 cm³/mol. The van der Waals surface area contributed by atoms with Crippen molar-refractivity contribution in [2.75, 3.05) is 17.7 Å². The molecule has 0 spiro atoms. The Balaban J connectivity index is 1.97. The van der Waals surface area contributed by atoms with Crippen molar-refractivity contribution in [2.45, 2.75) is 17.7 Å². The van der Waals surface area contributed by atoms with Crippen LogP contribution in [-0.4, -0.2) is 24.6 Å². The Bertz CT molecular complexity index is 756. The maximum atomic E-state index is 12.8. The van der Waals surface area contributed by atoms with Crippen LogP contribution in [-0.2, 0) is 6.42 Å². The Hall–Kier alpha value is -2.27. The number of thioether (sulfide) groups is 1. The molecule has 0 aliphatic carbocycles. The minimum atomic E-state index is -0.444. The first kappa shape index (κ1) is 15.6. The maximum absolute atomic E-state index is 12.8. The van der Waals surface area contributed by atoms with E-state index in [2.05, 4.69) is 0 Å². The van der Waals surface area contributed by atoms with Crippen LogP contribution in [0.1, 0.15) is 32.7 Å². The van der Waals surface area contributed by atoms with E-state index in [9.17, 15) is 9.59 Å². The summed E-state index contributed by atoms with van der Waals surface area (Å²) in [5.41, 5.74) is 8.30. The lowest BCUT2D eigenvalue weighted by Gasteiger charge is -2.30. The summed E-state index contributed by atoms with van der Waals surface area (Å²) in [5.74, 6) is -0.485. The number of carbonyl (C=O) groups is 2. The van der Waals surface area contributed by atoms with Gasteiger partial charge in [0, 0.05) is 28.3 Å². The molecule has 1 aliphatic rings. The maximum Gasteiger partial charge on any atom is 0.258 e. The molecule has 0 atom stereocenters. The molecule has 2 aromatic rings. The third kappa shape index (κ3) is 2.97. The zero-order valence-corrected chi connectivity index (χ0v) is 13.7. The summed E-state index contributed by atoms with van der Waals surface area (Å²) in [5, 5.41) is 0. The van der Waals surface area contributed by atoms with Gasteiger partial charge in [0.05, 0.1) is 0 Å². The number of hydrogen-bond acceptors (Lipinski definition) is 3. The molecule has 0 saturated heterocycles. The molecule has 2 aromatic carbocycles. The molecule has 0 fully saturated rings. The molecule has 118 valence electrons. The first-order valence-electron chi connectivity index (χ1n) is 7.49. The normalized spacial score (nSPS) is 13.5. The second-order valence-corrected chi connectivity index (χ2v) is 6.34. The molecule has 5 heteroatoms. The third-order valence-electron chi connectivity index (χ3n) is 4.10. The molecule has 1 heterocycles. The van der Waals surface area contributed by atoms with Crippen LogP contribution in [0, 0.1) is 0 Å². The number of nitrogens with zero attached hydrogens (tertiary/aromatic N) is 1. The summed E-state index contributed by atoms with van der Waals surface area (Å²) >= 11 is 1.64. The zero-order chi connectivity index (χ0) is 16.4. The van der Waals surface area contributed by atoms with Crippen molar-refractivity contribution in [3.63, 3.8) is 0 Å². The molecule has 2 amide bonds. The molecule has 0 unspecified atom stereocenters. The second-order valence-electron chi connectivity index (χ2n) is 5.46. The van der Waals surface area contributed by atoms with Crippen molar-refractivity contribution in [3.05, 3.63) is 59.2 Å². The molecule has 0 bridgehead atoms. The monoisotopic (exact) mass is 326 g/mol. The van der Waals surface area contributed by atoms with Gasteiger partial charge in [-0.2, -0.15) is 0 Å². The highest BCUT2D eigenvalue weighted by atomic mass is 32.2. The van der Waals surface area contributed by atoms with Crippen molar-refractivity contribution in [1.29, 1.82) is 0 Å². The van der Waals surface area contributed by atoms with E-state index in [1.165, 1.54) is 0 Å². The summed E-state index contributed by atoms with van der Waals surface area (Å²) in [4.78, 5) is 27.3. The smallest absolute Gasteiger partial charge is 0.258 e. The van der Waals surface area contributed by atoms with E-state index in [0.29, 0.717) is 17.7 Å². The van der Waals surface area contributed by atoms with E-state index in [1.807, 2.05) is 36.6 Å². The van der Waals surface area contributed by atoms with Gasteiger partial charge in [-0.05, 0) is 61.1 Å². The Morgan fingerprint density at radius 3 is 2.52 bits per heavy atom. The minimum Gasteiger partial charge on any atom is -0.366 e. The van der Waals surface area contributed by atoms with Crippen LogP contribution < -0.4 is 10.6 Å². The number of fused-ring (bicyclic) bond motifs is 1. The molecule has 3 rings (SSSR count). The van der Waals surface area contributed by atoms with Gasteiger partial charge in [-0.15, -0.1) is 11.8 Å². The van der Waals surface area contributed by atoms with Gasteiger partial charge in [0.2, 0.25) is 5.91 Å². The number of rotatable bonds is 3. The summed E-state index contributed by atoms with van der Waals surface area (Å²) in [7, 11) is 0. The summed E-state index contributed by atoms with van der Waals surface area (Å²) in [6, 6.07) is 13.0. The zero-order valence-electron chi connectivity index (χ0n) is 12.9. The molecule has 23 heavy (non-hydrogen) atoms. The highest BCUT2D eigenvalue weighted by Crippen LogP contribution is 2.31. The lowest BCUT2D eigenvalue weighted by molar-refractivity contribution is 0.0977. The van der Waals surface area contributed by atoms with E-state index in [4.69, 9.17) is 5.73 Å². The Morgan fingerprint density at radius 1 is 1.13 bits per heavy atom. The first-order chi connectivity index (χ1) is 11.1. The Morgan fingerprint density at radius 2 is 1.87 bits per heavy atom. The van der Waals surface area contributed by atoms with E-state index >= 15 is 0 Å². The lowest BCUT2D eigenvalue weighted by Crippen LogP contribution is -2.36. The van der Waals surface area contributed by atoms with Gasteiger partial charge in [0.25, 0.3) is 5.91 Å². The number of nitrogens with two attached hydrogens (primary N) is 1. The third-order valence-corrected chi connectivity index (χ3v) is 4.84. The highest BCUT2D eigenvalue weighted by molar-refractivity contribution is 7.98. The minimum absolute atomic E-state index is 0.0415. The highest BCUT2D eigenvalue weighted by Gasteiger charge is 2.26. The predicted octanol–water partition coefficient (Wildman–Crippen LogP) is 3.10. The number of anilines is 1. The summed E-state index contributed by atoms with van der Waals surface area (Å²) in [6.45, 7) is 0.651. The van der Waals surface area contributed by atoms with Gasteiger partial charge < -0.3 is 10.6 Å². The number of hydrogen-bond donors (Lipinski definition) is 1. The van der Waals surface area contributed by atoms with Crippen LogP contribution in [0.4, 0.5) is 5.69 Å². The second kappa shape index (κ2) is 6.46. The average molecular weight is 326 g/mol. The molecular formula is C18H18N2O2S. The van der Waals surface area contributed by atoms with Crippen molar-refractivity contribution in [3.8, 4) is 0 Å². The van der Waals surface area contributed by atoms with Gasteiger partial charge in [-0.25, -0.2) is 0 Å². The van der Waals surface area contributed by atoms with Gasteiger partial charge in [-0.3, -0.25) is 9.59 Å². The summed E-state index contributed by atoms with van der Waals surface area (Å²) in [6.07, 6.45) is 3.60. The Kier molecular flexibility index (Phi) is 4.39. The van der Waals surface area contributed by atoms with Crippen LogP contribution in [0.5, 0.6) is 0 Å². The average Bonchev–Trinajstić information content (AvgIpc) is 2.60. The quantitative estimate of drug-likeness (QED) is 0.882. The molecule has 0 radical (unpaired) electrons.